The van der Waals surface area contributed by atoms with Gasteiger partial charge in [0.25, 0.3) is 0 Å². The molecule has 12 nitrogen and oxygen atoms in total. The highest BCUT2D eigenvalue weighted by molar-refractivity contribution is 5.94. The molecular weight excluding hydrogens is 428 g/mol. The van der Waals surface area contributed by atoms with Crippen LogP contribution in [0.15, 0.2) is 46.6 Å². The van der Waals surface area contributed by atoms with Crippen LogP contribution in [0.1, 0.15) is 26.2 Å². The van der Waals surface area contributed by atoms with Gasteiger partial charge in [-0.1, -0.05) is 18.6 Å². The van der Waals surface area contributed by atoms with Gasteiger partial charge < -0.3 is 37.3 Å². The maximum Gasteiger partial charge on any atom is 0.410 e. The number of hydrogen-bond donors (Lipinski definition) is 5. The Hall–Kier alpha value is -3.77. The summed E-state index contributed by atoms with van der Waals surface area (Å²) in [5.41, 5.74) is 18.0. The smallest absolute Gasteiger partial charge is 0.410 e. The number of benzene rings is 1. The van der Waals surface area contributed by atoms with E-state index in [9.17, 15) is 9.59 Å². The molecule has 12 heteroatoms. The predicted molar refractivity (Wildman–Crippen MR) is 124 cm³/mol. The molecule has 178 valence electrons. The number of rotatable bonds is 12. The molecule has 0 saturated carbocycles. The number of carbonyl (C=O) groups is 2. The number of unbranched alkanes of at least 4 members (excludes halogenated alkanes) is 1. The first-order valence-corrected chi connectivity index (χ1v) is 10.5. The molecule has 1 aromatic carbocycles. The van der Waals surface area contributed by atoms with Crippen LogP contribution in [0.3, 0.4) is 0 Å². The fourth-order valence-corrected chi connectivity index (χ4v) is 2.59. The molecule has 0 bridgehead atoms. The zero-order chi connectivity index (χ0) is 24.1. The van der Waals surface area contributed by atoms with Crippen LogP contribution in [0.4, 0.5) is 27.8 Å². The number of para-hydroxylation sites is 1. The minimum absolute atomic E-state index is 0.0752. The molecule has 0 aliphatic carbocycles. The van der Waals surface area contributed by atoms with Crippen molar-refractivity contribution >= 4 is 35.0 Å². The van der Waals surface area contributed by atoms with E-state index in [0.29, 0.717) is 36.6 Å². The Bertz CT molecular complexity index is 954. The van der Waals surface area contributed by atoms with Gasteiger partial charge >= 0.3 is 6.09 Å². The Labute approximate surface area is 191 Å². The summed E-state index contributed by atoms with van der Waals surface area (Å²) < 4.78 is 10.3. The summed E-state index contributed by atoms with van der Waals surface area (Å²) in [7, 11) is 0. The van der Waals surface area contributed by atoms with Crippen LogP contribution in [0, 0.1) is 0 Å². The Balaban J connectivity index is 1.99. The number of azo groups is 1. The molecule has 0 unspecified atom stereocenters. The van der Waals surface area contributed by atoms with Crippen LogP contribution >= 0.6 is 0 Å². The Morgan fingerprint density at radius 3 is 2.61 bits per heavy atom. The van der Waals surface area contributed by atoms with E-state index in [0.717, 1.165) is 12.8 Å². The minimum atomic E-state index is -0.660. The second kappa shape index (κ2) is 13.6. The quantitative estimate of drug-likeness (QED) is 0.182. The lowest BCUT2D eigenvalue weighted by Crippen LogP contribution is -2.35. The molecule has 2 aromatic rings. The van der Waals surface area contributed by atoms with Crippen molar-refractivity contribution in [2.45, 2.75) is 32.2 Å². The first-order valence-electron chi connectivity index (χ1n) is 10.5. The van der Waals surface area contributed by atoms with Gasteiger partial charge in [0, 0.05) is 6.54 Å². The predicted octanol–water partition coefficient (Wildman–Crippen LogP) is 2.56. The van der Waals surface area contributed by atoms with Gasteiger partial charge in [-0.05, 0) is 50.6 Å². The lowest BCUT2D eigenvalue weighted by Gasteiger charge is -2.12. The molecule has 2 rings (SSSR count). The van der Waals surface area contributed by atoms with Crippen molar-refractivity contribution < 1.29 is 19.1 Å². The number of nitrogens with one attached hydrogen (secondary N) is 2. The summed E-state index contributed by atoms with van der Waals surface area (Å²) in [6.07, 6.45) is 1.52. The third-order valence-corrected chi connectivity index (χ3v) is 4.32. The fraction of sp³-hybridized carbons (Fsp3) is 0.381. The van der Waals surface area contributed by atoms with E-state index < -0.39 is 12.1 Å². The van der Waals surface area contributed by atoms with E-state index in [2.05, 4.69) is 25.8 Å². The zero-order valence-corrected chi connectivity index (χ0v) is 18.5. The summed E-state index contributed by atoms with van der Waals surface area (Å²) >= 11 is 0. The molecule has 0 aliphatic rings. The molecule has 1 heterocycles. The molecular formula is C21H30N8O4. The molecule has 0 spiro atoms. The van der Waals surface area contributed by atoms with E-state index in [1.165, 1.54) is 0 Å². The summed E-state index contributed by atoms with van der Waals surface area (Å²) in [6.45, 7) is 2.50. The number of anilines is 2. The van der Waals surface area contributed by atoms with E-state index in [1.54, 1.807) is 43.3 Å². The van der Waals surface area contributed by atoms with Crippen molar-refractivity contribution in [2.75, 3.05) is 30.9 Å². The Morgan fingerprint density at radius 2 is 1.88 bits per heavy atom. The number of amides is 2. The second-order valence-electron chi connectivity index (χ2n) is 6.87. The van der Waals surface area contributed by atoms with Crippen molar-refractivity contribution in [2.24, 2.45) is 21.7 Å². The normalized spacial score (nSPS) is 11.7. The highest BCUT2D eigenvalue weighted by Gasteiger charge is 2.14. The summed E-state index contributed by atoms with van der Waals surface area (Å²) in [4.78, 5) is 27.7. The molecule has 2 amide bonds. The lowest BCUT2D eigenvalue weighted by molar-refractivity contribution is -0.117. The Kier molecular flexibility index (Phi) is 10.5. The Morgan fingerprint density at radius 1 is 1.12 bits per heavy atom. The first-order chi connectivity index (χ1) is 15.9. The average molecular weight is 459 g/mol. The number of nitrogen functional groups attached to an aromatic ring is 1. The van der Waals surface area contributed by atoms with Gasteiger partial charge in [-0.15, -0.1) is 10.2 Å². The number of aromatic nitrogens is 1. The third kappa shape index (κ3) is 8.71. The summed E-state index contributed by atoms with van der Waals surface area (Å²) in [5.74, 6) is 0.349. The van der Waals surface area contributed by atoms with Crippen molar-refractivity contribution in [3.63, 3.8) is 0 Å². The topological polar surface area (TPSA) is 192 Å². The summed E-state index contributed by atoms with van der Waals surface area (Å²) in [6, 6.07) is 9.30. The van der Waals surface area contributed by atoms with Crippen LogP contribution in [0.25, 0.3) is 0 Å². The molecule has 0 radical (unpaired) electrons. The number of ether oxygens (including phenoxy) is 2. The number of nitrogens with zero attached hydrogens (tertiary/aromatic N) is 3. The number of nitrogens with two attached hydrogens (primary N) is 3. The van der Waals surface area contributed by atoms with Crippen LogP contribution in [-0.2, 0) is 9.53 Å². The fourth-order valence-electron chi connectivity index (χ4n) is 2.59. The van der Waals surface area contributed by atoms with Crippen LogP contribution < -0.4 is 32.6 Å². The maximum absolute atomic E-state index is 12.2. The summed E-state index contributed by atoms with van der Waals surface area (Å²) in [5, 5.41) is 13.4. The molecule has 0 fully saturated rings. The molecule has 1 aromatic heterocycles. The molecule has 0 aliphatic heterocycles. The van der Waals surface area contributed by atoms with Gasteiger partial charge in [0.1, 0.15) is 17.2 Å². The van der Waals surface area contributed by atoms with Crippen molar-refractivity contribution in [1.82, 2.24) is 10.3 Å². The van der Waals surface area contributed by atoms with Gasteiger partial charge in [-0.2, -0.15) is 0 Å². The standard InChI is InChI=1S/C21H30N8O4/c1-2-25-21(31)33-13-32-17-9-4-3-8-15(17)28-29-16-10-11-18(26-19(16)24)27-20(30)14(23)7-5-6-12-22/h3-4,8-11,14H,2,5-7,12-13,22-23H2,1H3,(H,25,31)(H3,24,26,27,30)/b29-28+/t14-/m0/s1. The minimum Gasteiger partial charge on any atom is -0.455 e. The highest BCUT2D eigenvalue weighted by atomic mass is 16.7. The third-order valence-electron chi connectivity index (χ3n) is 4.32. The van der Waals surface area contributed by atoms with Gasteiger partial charge in [-0.3, -0.25) is 4.79 Å². The first kappa shape index (κ1) is 25.5. The molecule has 1 atom stereocenters. The molecule has 8 N–H and O–H groups in total. The second-order valence-corrected chi connectivity index (χ2v) is 6.87. The monoisotopic (exact) mass is 458 g/mol. The van der Waals surface area contributed by atoms with Crippen LogP contribution in [-0.4, -0.2) is 42.9 Å². The van der Waals surface area contributed by atoms with E-state index in [1.807, 2.05) is 0 Å². The number of pyridine rings is 1. The molecule has 0 saturated heterocycles. The number of carbonyl (C=O) groups excluding carboxylic acids is 2. The van der Waals surface area contributed by atoms with Crippen LogP contribution in [0.2, 0.25) is 0 Å². The van der Waals surface area contributed by atoms with Crippen molar-refractivity contribution in [1.29, 1.82) is 0 Å². The molecule has 33 heavy (non-hydrogen) atoms. The van der Waals surface area contributed by atoms with Gasteiger partial charge in [0.15, 0.2) is 11.6 Å². The van der Waals surface area contributed by atoms with Gasteiger partial charge in [0.05, 0.1) is 6.04 Å². The van der Waals surface area contributed by atoms with E-state index in [-0.39, 0.29) is 24.3 Å². The maximum atomic E-state index is 12.2. The zero-order valence-electron chi connectivity index (χ0n) is 18.5. The van der Waals surface area contributed by atoms with Crippen molar-refractivity contribution in [3.05, 3.63) is 36.4 Å². The number of hydrogen-bond acceptors (Lipinski definition) is 10. The van der Waals surface area contributed by atoms with Gasteiger partial charge in [-0.25, -0.2) is 9.78 Å². The number of alkyl carbamates (subject to hydrolysis) is 1. The van der Waals surface area contributed by atoms with E-state index in [4.69, 9.17) is 26.7 Å². The lowest BCUT2D eigenvalue weighted by atomic mass is 10.1. The average Bonchev–Trinajstić information content (AvgIpc) is 2.79. The van der Waals surface area contributed by atoms with Crippen molar-refractivity contribution in [3.8, 4) is 5.75 Å². The van der Waals surface area contributed by atoms with Gasteiger partial charge in [0.2, 0.25) is 12.7 Å². The van der Waals surface area contributed by atoms with Crippen LogP contribution in [0.5, 0.6) is 5.75 Å². The largest absolute Gasteiger partial charge is 0.455 e. The van der Waals surface area contributed by atoms with E-state index >= 15 is 0 Å². The highest BCUT2D eigenvalue weighted by Crippen LogP contribution is 2.30. The SMILES string of the molecule is CCNC(=O)OCOc1ccccc1/N=N/c1ccc(NC(=O)[C@@H](N)CCCCN)nc1N.